The van der Waals surface area contributed by atoms with Crippen molar-refractivity contribution in [3.63, 3.8) is 0 Å². The van der Waals surface area contributed by atoms with E-state index in [9.17, 15) is 4.79 Å². The standard InChI is InChI=1S/C18H17NO2.ClH/c20-18-15(12-19-7-9-21-10-8-19)11-14-5-1-3-13-4-2-6-16(18)17(13)14;/h1-6,11H,7-10,12H2;1H. The van der Waals surface area contributed by atoms with Gasteiger partial charge < -0.3 is 4.74 Å². The second-order valence-electron chi connectivity index (χ2n) is 5.64. The van der Waals surface area contributed by atoms with Gasteiger partial charge in [-0.3, -0.25) is 9.69 Å². The number of hydrogen-bond acceptors (Lipinski definition) is 3. The van der Waals surface area contributed by atoms with Gasteiger partial charge in [0.05, 0.1) is 13.2 Å². The number of halogens is 1. The summed E-state index contributed by atoms with van der Waals surface area (Å²) in [5.41, 5.74) is 2.89. The molecular formula is C18H18ClNO2. The summed E-state index contributed by atoms with van der Waals surface area (Å²) in [5.74, 6) is 0.172. The molecule has 0 bridgehead atoms. The predicted molar refractivity (Wildman–Crippen MR) is 90.8 cm³/mol. The van der Waals surface area contributed by atoms with E-state index in [2.05, 4.69) is 35.2 Å². The molecule has 1 aliphatic carbocycles. The van der Waals surface area contributed by atoms with Crippen LogP contribution in [-0.4, -0.2) is 43.5 Å². The lowest BCUT2D eigenvalue weighted by Crippen LogP contribution is -2.38. The molecule has 0 N–H and O–H groups in total. The number of hydrogen-bond donors (Lipinski definition) is 0. The van der Waals surface area contributed by atoms with E-state index in [-0.39, 0.29) is 18.2 Å². The molecule has 2 aromatic rings. The van der Waals surface area contributed by atoms with Crippen molar-refractivity contribution >= 4 is 35.0 Å². The topological polar surface area (TPSA) is 29.5 Å². The third-order valence-electron chi connectivity index (χ3n) is 4.30. The number of ether oxygens (including phenoxy) is 1. The molecule has 0 atom stereocenters. The van der Waals surface area contributed by atoms with Crippen LogP contribution in [0.3, 0.4) is 0 Å². The van der Waals surface area contributed by atoms with Crippen molar-refractivity contribution in [2.45, 2.75) is 0 Å². The van der Waals surface area contributed by atoms with Gasteiger partial charge in [0, 0.05) is 36.2 Å². The zero-order valence-electron chi connectivity index (χ0n) is 12.2. The first-order chi connectivity index (χ1) is 10.3. The average molecular weight is 316 g/mol. The van der Waals surface area contributed by atoms with Crippen LogP contribution in [0.4, 0.5) is 0 Å². The molecule has 0 aromatic heterocycles. The van der Waals surface area contributed by atoms with Crippen LogP contribution in [0.1, 0.15) is 15.9 Å². The van der Waals surface area contributed by atoms with E-state index in [0.29, 0.717) is 6.54 Å². The van der Waals surface area contributed by atoms with Crippen molar-refractivity contribution in [3.8, 4) is 0 Å². The SMILES string of the molecule is Cl.O=C1C(CN2CCOCC2)=Cc2cccc3cccc1c23. The van der Waals surface area contributed by atoms with E-state index in [1.165, 1.54) is 0 Å². The third kappa shape index (κ3) is 2.56. The zero-order valence-corrected chi connectivity index (χ0v) is 13.1. The van der Waals surface area contributed by atoms with E-state index in [4.69, 9.17) is 4.74 Å². The second kappa shape index (κ2) is 6.21. The Labute approximate surface area is 136 Å². The van der Waals surface area contributed by atoms with E-state index >= 15 is 0 Å². The van der Waals surface area contributed by atoms with Crippen LogP contribution in [0.25, 0.3) is 16.8 Å². The molecule has 4 heteroatoms. The Morgan fingerprint density at radius 2 is 1.77 bits per heavy atom. The number of ketones is 1. The van der Waals surface area contributed by atoms with Crippen molar-refractivity contribution in [2.24, 2.45) is 0 Å². The fourth-order valence-electron chi connectivity index (χ4n) is 3.22. The molecule has 0 radical (unpaired) electrons. The Morgan fingerprint density at radius 1 is 1.05 bits per heavy atom. The maximum atomic E-state index is 12.8. The molecule has 0 saturated carbocycles. The molecule has 2 aromatic carbocycles. The van der Waals surface area contributed by atoms with Crippen molar-refractivity contribution in [3.05, 3.63) is 53.1 Å². The van der Waals surface area contributed by atoms with Crippen LogP contribution in [0.5, 0.6) is 0 Å². The minimum absolute atomic E-state index is 0. The van der Waals surface area contributed by atoms with Crippen LogP contribution in [-0.2, 0) is 4.74 Å². The Bertz CT molecular complexity index is 743. The molecule has 1 saturated heterocycles. The highest BCUT2D eigenvalue weighted by atomic mass is 35.5. The Morgan fingerprint density at radius 3 is 2.55 bits per heavy atom. The van der Waals surface area contributed by atoms with E-state index in [1.807, 2.05) is 12.1 Å². The van der Waals surface area contributed by atoms with Gasteiger partial charge in [-0.05, 0) is 17.0 Å². The molecule has 0 spiro atoms. The summed E-state index contributed by atoms with van der Waals surface area (Å²) < 4.78 is 5.37. The van der Waals surface area contributed by atoms with E-state index in [1.54, 1.807) is 0 Å². The van der Waals surface area contributed by atoms with Gasteiger partial charge in [0.2, 0.25) is 0 Å². The largest absolute Gasteiger partial charge is 0.379 e. The van der Waals surface area contributed by atoms with Gasteiger partial charge in [-0.1, -0.05) is 36.4 Å². The lowest BCUT2D eigenvalue weighted by atomic mass is 9.88. The second-order valence-corrected chi connectivity index (χ2v) is 5.64. The van der Waals surface area contributed by atoms with Gasteiger partial charge in [0.15, 0.2) is 5.78 Å². The van der Waals surface area contributed by atoms with Gasteiger partial charge >= 0.3 is 0 Å². The summed E-state index contributed by atoms with van der Waals surface area (Å²) in [5, 5.41) is 2.23. The summed E-state index contributed by atoms with van der Waals surface area (Å²) in [6.45, 7) is 4.03. The quantitative estimate of drug-likeness (QED) is 0.852. The summed E-state index contributed by atoms with van der Waals surface area (Å²) in [6.07, 6.45) is 2.06. The molecule has 22 heavy (non-hydrogen) atoms. The highest BCUT2D eigenvalue weighted by Gasteiger charge is 2.23. The smallest absolute Gasteiger partial charge is 0.190 e. The molecule has 4 rings (SSSR count). The number of rotatable bonds is 2. The Hall–Kier alpha value is -1.68. The Kier molecular flexibility index (Phi) is 4.30. The fraction of sp³-hybridized carbons (Fsp3) is 0.278. The van der Waals surface area contributed by atoms with Crippen LogP contribution >= 0.6 is 12.4 Å². The third-order valence-corrected chi connectivity index (χ3v) is 4.30. The summed E-state index contributed by atoms with van der Waals surface area (Å²) in [6, 6.07) is 12.2. The first-order valence-corrected chi connectivity index (χ1v) is 7.40. The lowest BCUT2D eigenvalue weighted by Gasteiger charge is -2.28. The van der Waals surface area contributed by atoms with Crippen LogP contribution < -0.4 is 0 Å². The molecule has 0 amide bonds. The number of Topliss-reactive ketones (excluding diaryl/α,β-unsaturated/α-hetero) is 1. The first-order valence-electron chi connectivity index (χ1n) is 7.40. The molecule has 114 valence electrons. The summed E-state index contributed by atoms with van der Waals surface area (Å²) in [7, 11) is 0. The van der Waals surface area contributed by atoms with Crippen LogP contribution in [0.15, 0.2) is 42.0 Å². The molecule has 1 aliphatic heterocycles. The zero-order chi connectivity index (χ0) is 14.2. The molecular weight excluding hydrogens is 298 g/mol. The number of morpholine rings is 1. The van der Waals surface area contributed by atoms with E-state index in [0.717, 1.165) is 53.8 Å². The lowest BCUT2D eigenvalue weighted by molar-refractivity contribution is 0.0419. The minimum Gasteiger partial charge on any atom is -0.379 e. The first kappa shape index (κ1) is 15.2. The fourth-order valence-corrected chi connectivity index (χ4v) is 3.22. The van der Waals surface area contributed by atoms with Crippen molar-refractivity contribution in [2.75, 3.05) is 32.8 Å². The molecule has 2 aliphatic rings. The Balaban J connectivity index is 0.00000144. The number of carbonyl (C=O) groups is 1. The molecule has 3 nitrogen and oxygen atoms in total. The normalized spacial score (nSPS) is 18.0. The van der Waals surface area contributed by atoms with Gasteiger partial charge in [0.1, 0.15) is 0 Å². The van der Waals surface area contributed by atoms with E-state index < -0.39 is 0 Å². The molecule has 1 heterocycles. The highest BCUT2D eigenvalue weighted by Crippen LogP contribution is 2.31. The number of benzene rings is 2. The van der Waals surface area contributed by atoms with Crippen molar-refractivity contribution in [1.82, 2.24) is 4.90 Å². The van der Waals surface area contributed by atoms with Crippen LogP contribution in [0, 0.1) is 0 Å². The van der Waals surface area contributed by atoms with Crippen molar-refractivity contribution < 1.29 is 9.53 Å². The van der Waals surface area contributed by atoms with Gasteiger partial charge in [-0.25, -0.2) is 0 Å². The van der Waals surface area contributed by atoms with Gasteiger partial charge in [0.25, 0.3) is 0 Å². The van der Waals surface area contributed by atoms with Gasteiger partial charge in [-0.15, -0.1) is 12.4 Å². The summed E-state index contributed by atoms with van der Waals surface area (Å²) >= 11 is 0. The summed E-state index contributed by atoms with van der Waals surface area (Å²) in [4.78, 5) is 15.0. The number of nitrogens with zero attached hydrogens (tertiary/aromatic N) is 1. The molecule has 1 fully saturated rings. The van der Waals surface area contributed by atoms with Gasteiger partial charge in [-0.2, -0.15) is 0 Å². The maximum Gasteiger partial charge on any atom is 0.190 e. The molecule has 0 unspecified atom stereocenters. The monoisotopic (exact) mass is 315 g/mol. The number of carbonyl (C=O) groups excluding carboxylic acids is 1. The maximum absolute atomic E-state index is 12.8. The highest BCUT2D eigenvalue weighted by molar-refractivity contribution is 6.22. The average Bonchev–Trinajstić information content (AvgIpc) is 2.53. The predicted octanol–water partition coefficient (Wildman–Crippen LogP) is 3.17. The minimum atomic E-state index is 0. The van der Waals surface area contributed by atoms with Crippen LogP contribution in [0.2, 0.25) is 0 Å². The van der Waals surface area contributed by atoms with Crippen molar-refractivity contribution in [1.29, 1.82) is 0 Å².